The molecule has 3 heterocycles. The number of carbonyl (C=O) groups is 1. The molecule has 25 heavy (non-hydrogen) atoms. The van der Waals surface area contributed by atoms with Crippen LogP contribution in [0.1, 0.15) is 23.1 Å². The quantitative estimate of drug-likeness (QED) is 0.846. The second kappa shape index (κ2) is 6.35. The Labute approximate surface area is 140 Å². The van der Waals surface area contributed by atoms with Gasteiger partial charge in [-0.05, 0) is 6.92 Å². The average molecular weight is 359 g/mol. The Kier molecular flexibility index (Phi) is 4.37. The van der Waals surface area contributed by atoms with Crippen molar-refractivity contribution in [2.24, 2.45) is 7.05 Å². The normalized spacial score (nSPS) is 18.4. The number of anilines is 1. The van der Waals surface area contributed by atoms with Gasteiger partial charge in [-0.25, -0.2) is 9.78 Å². The molecule has 2 amide bonds. The van der Waals surface area contributed by atoms with E-state index in [1.807, 2.05) is 0 Å². The summed E-state index contributed by atoms with van der Waals surface area (Å²) in [6.45, 7) is 2.05. The Hall–Kier alpha value is -2.63. The number of urea groups is 1. The first-order valence-corrected chi connectivity index (χ1v) is 7.40. The Balaban J connectivity index is 1.83. The van der Waals surface area contributed by atoms with E-state index in [-0.39, 0.29) is 24.5 Å². The molecule has 12 heteroatoms. The fourth-order valence-electron chi connectivity index (χ4n) is 2.70. The minimum Gasteiger partial charge on any atom is -0.377 e. The summed E-state index contributed by atoms with van der Waals surface area (Å²) in [4.78, 5) is 18.1. The fourth-order valence-corrected chi connectivity index (χ4v) is 2.70. The molecule has 1 aliphatic rings. The summed E-state index contributed by atoms with van der Waals surface area (Å²) in [5.74, 6) is 0.424. The lowest BCUT2D eigenvalue weighted by Gasteiger charge is -2.34. The summed E-state index contributed by atoms with van der Waals surface area (Å²) in [6.07, 6.45) is -3.28. The third-order valence-electron chi connectivity index (χ3n) is 3.92. The number of hydrogen-bond acceptors (Lipinski definition) is 5. The highest BCUT2D eigenvalue weighted by atomic mass is 19.4. The molecule has 1 saturated heterocycles. The van der Waals surface area contributed by atoms with Crippen LogP contribution in [0.15, 0.2) is 6.33 Å². The van der Waals surface area contributed by atoms with Crippen LogP contribution in [0, 0.1) is 6.92 Å². The number of nitrogens with zero attached hydrogens (tertiary/aromatic N) is 5. The molecule has 0 aromatic carbocycles. The molecule has 0 bridgehead atoms. The smallest absolute Gasteiger partial charge is 0.377 e. The summed E-state index contributed by atoms with van der Waals surface area (Å²) >= 11 is 0. The maximum absolute atomic E-state index is 12.9. The number of aromatic nitrogens is 5. The lowest BCUT2D eigenvalue weighted by atomic mass is 10.2. The van der Waals surface area contributed by atoms with Gasteiger partial charge < -0.3 is 9.64 Å². The Morgan fingerprint density at radius 2 is 2.24 bits per heavy atom. The predicted molar refractivity (Wildman–Crippen MR) is 78.6 cm³/mol. The van der Waals surface area contributed by atoms with Gasteiger partial charge in [-0.15, -0.1) is 0 Å². The van der Waals surface area contributed by atoms with Crippen molar-refractivity contribution in [1.82, 2.24) is 29.9 Å². The second-order valence-corrected chi connectivity index (χ2v) is 5.53. The summed E-state index contributed by atoms with van der Waals surface area (Å²) < 4.78 is 45.2. The molecule has 1 atom stereocenters. The molecule has 0 radical (unpaired) electrons. The first kappa shape index (κ1) is 17.2. The maximum atomic E-state index is 12.9. The SMILES string of the molecule is Cc1c(C(F)(F)F)nn(C)c1NC(=O)N1CCOCC1c1ncn[nH]1. The zero-order valence-corrected chi connectivity index (χ0v) is 13.5. The highest BCUT2D eigenvalue weighted by Gasteiger charge is 2.38. The Bertz CT molecular complexity index is 757. The number of aromatic amines is 1. The van der Waals surface area contributed by atoms with Gasteiger partial charge in [-0.2, -0.15) is 23.4 Å². The third-order valence-corrected chi connectivity index (χ3v) is 3.92. The van der Waals surface area contributed by atoms with Crippen LogP contribution in [0.5, 0.6) is 0 Å². The van der Waals surface area contributed by atoms with Crippen molar-refractivity contribution in [1.29, 1.82) is 0 Å². The minimum absolute atomic E-state index is 0.0138. The minimum atomic E-state index is -4.59. The number of amides is 2. The van der Waals surface area contributed by atoms with E-state index < -0.39 is 23.9 Å². The summed E-state index contributed by atoms with van der Waals surface area (Å²) in [7, 11) is 1.34. The number of carbonyl (C=O) groups excluding carboxylic acids is 1. The van der Waals surface area contributed by atoms with E-state index in [1.54, 1.807) is 0 Å². The molecule has 1 fully saturated rings. The number of H-pyrrole nitrogens is 1. The number of nitrogens with one attached hydrogen (secondary N) is 2. The fraction of sp³-hybridized carbons (Fsp3) is 0.538. The molecule has 0 spiro atoms. The summed E-state index contributed by atoms with van der Waals surface area (Å²) in [5, 5.41) is 12.4. The van der Waals surface area contributed by atoms with Crippen molar-refractivity contribution >= 4 is 11.8 Å². The van der Waals surface area contributed by atoms with Crippen LogP contribution in [-0.2, 0) is 18.0 Å². The molecular weight excluding hydrogens is 343 g/mol. The van der Waals surface area contributed by atoms with Crippen molar-refractivity contribution in [2.45, 2.75) is 19.1 Å². The van der Waals surface area contributed by atoms with Crippen LogP contribution >= 0.6 is 0 Å². The van der Waals surface area contributed by atoms with Gasteiger partial charge in [0.2, 0.25) is 0 Å². The van der Waals surface area contributed by atoms with E-state index in [0.717, 1.165) is 4.68 Å². The van der Waals surface area contributed by atoms with Crippen molar-refractivity contribution < 1.29 is 22.7 Å². The standard InChI is InChI=1S/C13H16F3N7O2/c1-7-9(13(14,15)16)21-22(2)11(7)19-12(24)23-3-4-25-5-8(23)10-17-6-18-20-10/h6,8H,3-5H2,1-2H3,(H,19,24)(H,17,18,20). The van der Waals surface area contributed by atoms with E-state index in [4.69, 9.17) is 4.74 Å². The van der Waals surface area contributed by atoms with Crippen LogP contribution < -0.4 is 5.32 Å². The lowest BCUT2D eigenvalue weighted by Crippen LogP contribution is -2.46. The van der Waals surface area contributed by atoms with E-state index in [2.05, 4.69) is 25.6 Å². The summed E-state index contributed by atoms with van der Waals surface area (Å²) in [6, 6.07) is -1.07. The van der Waals surface area contributed by atoms with Crippen molar-refractivity contribution in [3.8, 4) is 0 Å². The van der Waals surface area contributed by atoms with Gasteiger partial charge in [0.05, 0.1) is 13.2 Å². The van der Waals surface area contributed by atoms with E-state index >= 15 is 0 Å². The van der Waals surface area contributed by atoms with Gasteiger partial charge in [0, 0.05) is 19.2 Å². The second-order valence-electron chi connectivity index (χ2n) is 5.53. The van der Waals surface area contributed by atoms with Crippen molar-refractivity contribution in [3.05, 3.63) is 23.4 Å². The molecule has 2 aromatic rings. The third kappa shape index (κ3) is 3.29. The molecule has 2 aromatic heterocycles. The Morgan fingerprint density at radius 3 is 2.84 bits per heavy atom. The monoisotopic (exact) mass is 359 g/mol. The van der Waals surface area contributed by atoms with Crippen LogP contribution in [-0.4, -0.2) is 55.7 Å². The van der Waals surface area contributed by atoms with Crippen LogP contribution in [0.3, 0.4) is 0 Å². The number of hydrogen-bond donors (Lipinski definition) is 2. The highest BCUT2D eigenvalue weighted by Crippen LogP contribution is 2.34. The van der Waals surface area contributed by atoms with Crippen molar-refractivity contribution in [2.75, 3.05) is 25.1 Å². The van der Waals surface area contributed by atoms with Gasteiger partial charge >= 0.3 is 12.2 Å². The first-order chi connectivity index (χ1) is 11.8. The molecule has 0 aliphatic carbocycles. The topological polar surface area (TPSA) is 101 Å². The molecule has 1 unspecified atom stereocenters. The average Bonchev–Trinajstić information content (AvgIpc) is 3.18. The van der Waals surface area contributed by atoms with Gasteiger partial charge in [-0.1, -0.05) is 0 Å². The first-order valence-electron chi connectivity index (χ1n) is 7.40. The van der Waals surface area contributed by atoms with Gasteiger partial charge in [0.1, 0.15) is 24.0 Å². The molecule has 9 nitrogen and oxygen atoms in total. The number of halogens is 3. The molecule has 136 valence electrons. The lowest BCUT2D eigenvalue weighted by molar-refractivity contribution is -0.141. The molecule has 2 N–H and O–H groups in total. The summed E-state index contributed by atoms with van der Waals surface area (Å²) in [5.41, 5.74) is -1.17. The van der Waals surface area contributed by atoms with Crippen LogP contribution in [0.25, 0.3) is 0 Å². The zero-order chi connectivity index (χ0) is 18.2. The van der Waals surface area contributed by atoms with E-state index in [1.165, 1.54) is 25.2 Å². The maximum Gasteiger partial charge on any atom is 0.435 e. The molecule has 1 aliphatic heterocycles. The number of aryl methyl sites for hydroxylation is 1. The van der Waals surface area contributed by atoms with E-state index in [9.17, 15) is 18.0 Å². The van der Waals surface area contributed by atoms with Crippen molar-refractivity contribution in [3.63, 3.8) is 0 Å². The largest absolute Gasteiger partial charge is 0.435 e. The van der Waals surface area contributed by atoms with Gasteiger partial charge in [0.25, 0.3) is 0 Å². The van der Waals surface area contributed by atoms with Crippen LogP contribution in [0.2, 0.25) is 0 Å². The van der Waals surface area contributed by atoms with Gasteiger partial charge in [0.15, 0.2) is 5.69 Å². The van der Waals surface area contributed by atoms with Crippen LogP contribution in [0.4, 0.5) is 23.8 Å². The molecule has 0 saturated carbocycles. The number of rotatable bonds is 2. The predicted octanol–water partition coefficient (Wildman–Crippen LogP) is 1.47. The zero-order valence-electron chi connectivity index (χ0n) is 13.5. The number of alkyl halides is 3. The molecular formula is C13H16F3N7O2. The number of morpholine rings is 1. The molecule has 3 rings (SSSR count). The van der Waals surface area contributed by atoms with E-state index in [0.29, 0.717) is 12.4 Å². The Morgan fingerprint density at radius 1 is 1.48 bits per heavy atom. The highest BCUT2D eigenvalue weighted by molar-refractivity contribution is 5.89. The van der Waals surface area contributed by atoms with Gasteiger partial charge in [-0.3, -0.25) is 15.1 Å². The number of ether oxygens (including phenoxy) is 1.